The van der Waals surface area contributed by atoms with Gasteiger partial charge in [-0.05, 0) is 30.0 Å². The van der Waals surface area contributed by atoms with Gasteiger partial charge in [-0.3, -0.25) is 9.63 Å². The Balaban J connectivity index is 2.34. The van der Waals surface area contributed by atoms with Crippen molar-refractivity contribution in [2.24, 2.45) is 5.41 Å². The Morgan fingerprint density at radius 3 is 2.46 bits per heavy atom. The minimum Gasteiger partial charge on any atom is -0.357 e. The zero-order chi connectivity index (χ0) is 20.9. The van der Waals surface area contributed by atoms with E-state index >= 15 is 0 Å². The molecule has 1 heterocycles. The summed E-state index contributed by atoms with van der Waals surface area (Å²) >= 11 is 0. The van der Waals surface area contributed by atoms with Gasteiger partial charge in [0.2, 0.25) is 17.8 Å². The number of nitrogens with one attached hydrogen (secondary N) is 3. The van der Waals surface area contributed by atoms with Crippen molar-refractivity contribution in [1.82, 2.24) is 20.4 Å². The topological polar surface area (TPSA) is 104 Å². The number of aryl methyl sites for hydroxylation is 1. The highest BCUT2D eigenvalue weighted by Crippen LogP contribution is 2.23. The van der Waals surface area contributed by atoms with E-state index in [1.807, 2.05) is 24.9 Å². The van der Waals surface area contributed by atoms with Crippen molar-refractivity contribution in [3.8, 4) is 0 Å². The first-order valence-electron chi connectivity index (χ1n) is 8.99. The van der Waals surface area contributed by atoms with Crippen LogP contribution in [0.4, 0.5) is 23.5 Å². The summed E-state index contributed by atoms with van der Waals surface area (Å²) in [7, 11) is 5.10. The van der Waals surface area contributed by atoms with E-state index in [-0.39, 0.29) is 11.3 Å². The number of hydrogen-bond donors (Lipinski definition) is 3. The molecule has 0 aliphatic carbocycles. The second kappa shape index (κ2) is 8.83. The van der Waals surface area contributed by atoms with E-state index in [9.17, 15) is 4.79 Å². The van der Waals surface area contributed by atoms with E-state index in [1.54, 1.807) is 19.2 Å². The van der Waals surface area contributed by atoms with Crippen LogP contribution >= 0.6 is 0 Å². The predicted molar refractivity (Wildman–Crippen MR) is 111 cm³/mol. The van der Waals surface area contributed by atoms with Gasteiger partial charge in [0.1, 0.15) is 0 Å². The highest BCUT2D eigenvalue weighted by molar-refractivity contribution is 5.94. The number of rotatable bonds is 7. The Hall–Kier alpha value is -2.94. The lowest BCUT2D eigenvalue weighted by molar-refractivity contribution is 0.0537. The number of hydroxylamine groups is 1. The van der Waals surface area contributed by atoms with Gasteiger partial charge in [0.05, 0.1) is 7.11 Å². The summed E-state index contributed by atoms with van der Waals surface area (Å²) in [4.78, 5) is 32.1. The van der Waals surface area contributed by atoms with E-state index in [4.69, 9.17) is 4.84 Å². The largest absolute Gasteiger partial charge is 0.357 e. The highest BCUT2D eigenvalue weighted by atomic mass is 16.6. The van der Waals surface area contributed by atoms with Gasteiger partial charge >= 0.3 is 0 Å². The number of aromatic nitrogens is 3. The van der Waals surface area contributed by atoms with Gasteiger partial charge < -0.3 is 15.5 Å². The van der Waals surface area contributed by atoms with Crippen LogP contribution in [-0.4, -0.2) is 48.6 Å². The average Bonchev–Trinajstić information content (AvgIpc) is 2.62. The molecule has 0 saturated heterocycles. The Kier molecular flexibility index (Phi) is 6.74. The van der Waals surface area contributed by atoms with E-state index in [2.05, 4.69) is 51.8 Å². The zero-order valence-electron chi connectivity index (χ0n) is 17.5. The Labute approximate surface area is 165 Å². The standard InChI is InChI=1S/C19H29N7O2/c1-12-8-9-13(15(27)25-28-7)10-14(12)21-17-22-16(20-5)23-18(24-17)26(6)11-19(2,3)4/h8-10H,11H2,1-7H3,(H,25,27)(H2,20,21,22,23,24). The molecule has 0 atom stereocenters. The van der Waals surface area contributed by atoms with E-state index < -0.39 is 0 Å². The first-order chi connectivity index (χ1) is 13.1. The lowest BCUT2D eigenvalue weighted by Gasteiger charge is -2.26. The molecule has 28 heavy (non-hydrogen) atoms. The van der Waals surface area contributed by atoms with Crippen molar-refractivity contribution < 1.29 is 9.63 Å². The fourth-order valence-corrected chi connectivity index (χ4v) is 2.66. The summed E-state index contributed by atoms with van der Waals surface area (Å²) in [6.45, 7) is 9.19. The van der Waals surface area contributed by atoms with Crippen LogP contribution in [0.1, 0.15) is 36.7 Å². The minimum absolute atomic E-state index is 0.0917. The van der Waals surface area contributed by atoms with Gasteiger partial charge in [0.25, 0.3) is 5.91 Å². The molecule has 9 heteroatoms. The number of amides is 1. The molecule has 2 rings (SSSR count). The summed E-state index contributed by atoms with van der Waals surface area (Å²) in [6.07, 6.45) is 0. The molecule has 0 radical (unpaired) electrons. The molecule has 0 aliphatic rings. The molecule has 0 fully saturated rings. The van der Waals surface area contributed by atoms with Crippen molar-refractivity contribution in [3.63, 3.8) is 0 Å². The Bertz CT molecular complexity index is 834. The Morgan fingerprint density at radius 1 is 1.18 bits per heavy atom. The molecule has 0 spiro atoms. The second-order valence-electron chi connectivity index (χ2n) is 7.74. The van der Waals surface area contributed by atoms with Crippen LogP contribution in [0.25, 0.3) is 0 Å². The zero-order valence-corrected chi connectivity index (χ0v) is 17.5. The molecule has 9 nitrogen and oxygen atoms in total. The van der Waals surface area contributed by atoms with Crippen LogP contribution in [0.2, 0.25) is 0 Å². The lowest BCUT2D eigenvalue weighted by Crippen LogP contribution is -2.30. The maximum atomic E-state index is 12.0. The van der Waals surface area contributed by atoms with Gasteiger partial charge in [-0.25, -0.2) is 5.48 Å². The van der Waals surface area contributed by atoms with Gasteiger partial charge in [0.15, 0.2) is 0 Å². The maximum absolute atomic E-state index is 12.0. The monoisotopic (exact) mass is 387 g/mol. The van der Waals surface area contributed by atoms with Crippen LogP contribution in [0.15, 0.2) is 18.2 Å². The molecular weight excluding hydrogens is 358 g/mol. The molecule has 0 unspecified atom stereocenters. The normalized spacial score (nSPS) is 11.1. The summed E-state index contributed by atoms with van der Waals surface area (Å²) < 4.78 is 0. The molecule has 1 amide bonds. The molecule has 0 bridgehead atoms. The molecule has 0 saturated carbocycles. The van der Waals surface area contributed by atoms with Crippen LogP contribution in [0.5, 0.6) is 0 Å². The molecular formula is C19H29N7O2. The maximum Gasteiger partial charge on any atom is 0.274 e. The molecule has 2 aromatic rings. The third kappa shape index (κ3) is 5.78. The van der Waals surface area contributed by atoms with Crippen molar-refractivity contribution >= 4 is 29.4 Å². The van der Waals surface area contributed by atoms with Crippen molar-refractivity contribution in [1.29, 1.82) is 0 Å². The molecule has 1 aromatic carbocycles. The summed E-state index contributed by atoms with van der Waals surface area (Å²) in [5, 5.41) is 6.16. The number of carbonyl (C=O) groups excluding carboxylic acids is 1. The molecule has 1 aromatic heterocycles. The van der Waals surface area contributed by atoms with Crippen LogP contribution in [0.3, 0.4) is 0 Å². The van der Waals surface area contributed by atoms with Crippen LogP contribution in [0, 0.1) is 12.3 Å². The quantitative estimate of drug-likeness (QED) is 0.623. The van der Waals surface area contributed by atoms with E-state index in [0.29, 0.717) is 23.4 Å². The second-order valence-corrected chi connectivity index (χ2v) is 7.74. The third-order valence-electron chi connectivity index (χ3n) is 3.84. The smallest absolute Gasteiger partial charge is 0.274 e. The predicted octanol–water partition coefficient (Wildman–Crippen LogP) is 2.74. The first kappa shape index (κ1) is 21.4. The van der Waals surface area contributed by atoms with Crippen LogP contribution < -0.4 is 21.0 Å². The number of carbonyl (C=O) groups is 1. The van der Waals surface area contributed by atoms with Crippen molar-refractivity contribution in [2.45, 2.75) is 27.7 Å². The number of nitrogens with zero attached hydrogens (tertiary/aromatic N) is 4. The van der Waals surface area contributed by atoms with Gasteiger partial charge in [-0.2, -0.15) is 15.0 Å². The lowest BCUT2D eigenvalue weighted by atomic mass is 9.96. The molecule has 0 aliphatic heterocycles. The fourth-order valence-electron chi connectivity index (χ4n) is 2.66. The summed E-state index contributed by atoms with van der Waals surface area (Å²) in [5.74, 6) is 1.08. The van der Waals surface area contributed by atoms with Crippen LogP contribution in [-0.2, 0) is 4.84 Å². The molecule has 152 valence electrons. The van der Waals surface area contributed by atoms with Crippen molar-refractivity contribution in [2.75, 3.05) is 43.3 Å². The third-order valence-corrected chi connectivity index (χ3v) is 3.84. The van der Waals surface area contributed by atoms with E-state index in [1.165, 1.54) is 7.11 Å². The summed E-state index contributed by atoms with van der Waals surface area (Å²) in [6, 6.07) is 5.30. The average molecular weight is 387 g/mol. The van der Waals surface area contributed by atoms with Crippen molar-refractivity contribution in [3.05, 3.63) is 29.3 Å². The first-order valence-corrected chi connectivity index (χ1v) is 8.99. The minimum atomic E-state index is -0.331. The SMILES string of the molecule is CNc1nc(Nc2cc(C(=O)NOC)ccc2C)nc(N(C)CC(C)(C)C)n1. The highest BCUT2D eigenvalue weighted by Gasteiger charge is 2.18. The number of hydrogen-bond acceptors (Lipinski definition) is 8. The van der Waals surface area contributed by atoms with Gasteiger partial charge in [-0.15, -0.1) is 0 Å². The molecule has 3 N–H and O–H groups in total. The van der Waals surface area contributed by atoms with Gasteiger partial charge in [0, 0.05) is 31.9 Å². The van der Waals surface area contributed by atoms with Gasteiger partial charge in [-0.1, -0.05) is 26.8 Å². The number of anilines is 4. The van der Waals surface area contributed by atoms with E-state index in [0.717, 1.165) is 17.8 Å². The number of benzene rings is 1. The Morgan fingerprint density at radius 2 is 1.86 bits per heavy atom. The fraction of sp³-hybridized carbons (Fsp3) is 0.474. The summed E-state index contributed by atoms with van der Waals surface area (Å²) in [5.41, 5.74) is 4.54.